The number of imide groups is 1. The van der Waals surface area contributed by atoms with Crippen molar-refractivity contribution in [1.82, 2.24) is 10.6 Å². The number of benzene rings is 1. The number of rotatable bonds is 6. The van der Waals surface area contributed by atoms with Gasteiger partial charge in [-0.15, -0.1) is 0 Å². The van der Waals surface area contributed by atoms with Gasteiger partial charge in [0.15, 0.2) is 16.4 Å². The van der Waals surface area contributed by atoms with E-state index in [0.29, 0.717) is 0 Å². The summed E-state index contributed by atoms with van der Waals surface area (Å²) in [6.07, 6.45) is -0.485. The van der Waals surface area contributed by atoms with Crippen LogP contribution in [-0.2, 0) is 24.2 Å². The standard InChI is InChI=1S/C16H21FN2O6S/c1-16(2,3)19-15(22)18-13(20)10-25-14(21)8-9-26(23,24)12-6-4-11(17)5-7-12/h4-7H,8-10H2,1-3H3,(H2,18,19,20,22). The van der Waals surface area contributed by atoms with Crippen LogP contribution in [0.4, 0.5) is 9.18 Å². The summed E-state index contributed by atoms with van der Waals surface area (Å²) in [4.78, 5) is 34.4. The Bertz CT molecular complexity index is 769. The second-order valence-corrected chi connectivity index (χ2v) is 8.54. The highest BCUT2D eigenvalue weighted by molar-refractivity contribution is 7.91. The molecule has 144 valence electrons. The molecule has 1 aromatic carbocycles. The first kappa shape index (κ1) is 21.6. The molecule has 0 aliphatic heterocycles. The first-order valence-corrected chi connectivity index (χ1v) is 9.30. The van der Waals surface area contributed by atoms with E-state index in [2.05, 4.69) is 10.1 Å². The first-order valence-electron chi connectivity index (χ1n) is 7.65. The van der Waals surface area contributed by atoms with Gasteiger partial charge < -0.3 is 10.1 Å². The van der Waals surface area contributed by atoms with E-state index in [4.69, 9.17) is 0 Å². The summed E-state index contributed by atoms with van der Waals surface area (Å²) < 4.78 is 41.4. The van der Waals surface area contributed by atoms with E-state index in [1.165, 1.54) is 0 Å². The third-order valence-corrected chi connectivity index (χ3v) is 4.59. The van der Waals surface area contributed by atoms with E-state index >= 15 is 0 Å². The monoisotopic (exact) mass is 388 g/mol. The van der Waals surface area contributed by atoms with Crippen molar-refractivity contribution in [3.63, 3.8) is 0 Å². The van der Waals surface area contributed by atoms with Crippen LogP contribution < -0.4 is 10.6 Å². The molecule has 0 radical (unpaired) electrons. The quantitative estimate of drug-likeness (QED) is 0.558. The van der Waals surface area contributed by atoms with Crippen molar-refractivity contribution in [3.8, 4) is 0 Å². The number of carbonyl (C=O) groups excluding carboxylic acids is 3. The summed E-state index contributed by atoms with van der Waals surface area (Å²) >= 11 is 0. The number of hydrogen-bond acceptors (Lipinski definition) is 6. The molecule has 0 unspecified atom stereocenters. The molecule has 0 aliphatic carbocycles. The van der Waals surface area contributed by atoms with Crippen LogP contribution >= 0.6 is 0 Å². The summed E-state index contributed by atoms with van der Waals surface area (Å²) in [5.41, 5.74) is -0.546. The number of sulfone groups is 1. The maximum absolute atomic E-state index is 12.8. The zero-order valence-electron chi connectivity index (χ0n) is 14.7. The molecule has 2 N–H and O–H groups in total. The molecule has 0 aliphatic rings. The summed E-state index contributed by atoms with van der Waals surface area (Å²) in [7, 11) is -3.78. The highest BCUT2D eigenvalue weighted by atomic mass is 32.2. The minimum atomic E-state index is -3.78. The third kappa shape index (κ3) is 8.06. The molecule has 1 aromatic rings. The third-order valence-electron chi connectivity index (χ3n) is 2.85. The molecule has 0 spiro atoms. The second-order valence-electron chi connectivity index (χ2n) is 6.44. The first-order chi connectivity index (χ1) is 11.9. The van der Waals surface area contributed by atoms with Gasteiger partial charge in [-0.25, -0.2) is 17.6 Å². The number of carbonyl (C=O) groups is 3. The maximum atomic E-state index is 12.8. The van der Waals surface area contributed by atoms with E-state index in [-0.39, 0.29) is 4.90 Å². The van der Waals surface area contributed by atoms with Crippen LogP contribution in [0.3, 0.4) is 0 Å². The highest BCUT2D eigenvalue weighted by Gasteiger charge is 2.19. The molecule has 3 amide bonds. The van der Waals surface area contributed by atoms with Crippen LogP contribution in [-0.4, -0.2) is 44.2 Å². The van der Waals surface area contributed by atoms with Crippen molar-refractivity contribution in [1.29, 1.82) is 0 Å². The molecule has 0 atom stereocenters. The van der Waals surface area contributed by atoms with E-state index in [0.717, 1.165) is 24.3 Å². The van der Waals surface area contributed by atoms with Crippen LogP contribution in [0, 0.1) is 5.82 Å². The largest absolute Gasteiger partial charge is 0.456 e. The van der Waals surface area contributed by atoms with Crippen LogP contribution in [0.5, 0.6) is 0 Å². The molecule has 0 saturated heterocycles. The zero-order chi connectivity index (χ0) is 20.0. The van der Waals surface area contributed by atoms with Gasteiger partial charge in [0.1, 0.15) is 5.82 Å². The van der Waals surface area contributed by atoms with Crippen LogP contribution in [0.1, 0.15) is 27.2 Å². The van der Waals surface area contributed by atoms with Crippen molar-refractivity contribution < 1.29 is 31.9 Å². The number of halogens is 1. The normalized spacial score (nSPS) is 11.5. The van der Waals surface area contributed by atoms with Crippen molar-refractivity contribution >= 4 is 27.7 Å². The van der Waals surface area contributed by atoms with Gasteiger partial charge >= 0.3 is 12.0 Å². The Balaban J connectivity index is 2.41. The van der Waals surface area contributed by atoms with Crippen molar-refractivity contribution in [2.45, 2.75) is 37.6 Å². The lowest BCUT2D eigenvalue weighted by Gasteiger charge is -2.20. The number of ether oxygens (including phenoxy) is 1. The average Bonchev–Trinajstić information content (AvgIpc) is 2.49. The number of esters is 1. The molecule has 26 heavy (non-hydrogen) atoms. The van der Waals surface area contributed by atoms with Crippen LogP contribution in [0.25, 0.3) is 0 Å². The summed E-state index contributed by atoms with van der Waals surface area (Å²) in [6.45, 7) is 4.45. The molecule has 1 rings (SSSR count). The summed E-state index contributed by atoms with van der Waals surface area (Å²) in [5.74, 6) is -2.89. The minimum absolute atomic E-state index is 0.122. The fourth-order valence-electron chi connectivity index (χ4n) is 1.73. The number of urea groups is 1. The summed E-state index contributed by atoms with van der Waals surface area (Å²) in [5, 5.41) is 4.46. The molecule has 0 aromatic heterocycles. The predicted molar refractivity (Wildman–Crippen MR) is 90.5 cm³/mol. The average molecular weight is 388 g/mol. The topological polar surface area (TPSA) is 119 Å². The van der Waals surface area contributed by atoms with Gasteiger partial charge in [0.05, 0.1) is 17.1 Å². The molecule has 8 nitrogen and oxygen atoms in total. The Kier molecular flexibility index (Phi) is 7.25. The Morgan fingerprint density at radius 3 is 2.23 bits per heavy atom. The number of amides is 3. The van der Waals surface area contributed by atoms with E-state index in [9.17, 15) is 27.2 Å². The van der Waals surface area contributed by atoms with Gasteiger partial charge in [-0.2, -0.15) is 0 Å². The second kappa shape index (κ2) is 8.75. The SMILES string of the molecule is CC(C)(C)NC(=O)NC(=O)COC(=O)CCS(=O)(=O)c1ccc(F)cc1. The van der Waals surface area contributed by atoms with Gasteiger partial charge in [0, 0.05) is 5.54 Å². The van der Waals surface area contributed by atoms with Gasteiger partial charge in [-0.3, -0.25) is 14.9 Å². The van der Waals surface area contributed by atoms with Crippen molar-refractivity contribution in [2.75, 3.05) is 12.4 Å². The Morgan fingerprint density at radius 1 is 1.12 bits per heavy atom. The van der Waals surface area contributed by atoms with Crippen molar-refractivity contribution in [3.05, 3.63) is 30.1 Å². The fraction of sp³-hybridized carbons (Fsp3) is 0.438. The number of hydrogen-bond donors (Lipinski definition) is 2. The van der Waals surface area contributed by atoms with Gasteiger partial charge in [0.2, 0.25) is 0 Å². The molecule has 0 saturated carbocycles. The van der Waals surface area contributed by atoms with Crippen LogP contribution in [0.15, 0.2) is 29.2 Å². The van der Waals surface area contributed by atoms with E-state index in [1.54, 1.807) is 20.8 Å². The lowest BCUT2D eigenvalue weighted by molar-refractivity contribution is -0.147. The maximum Gasteiger partial charge on any atom is 0.321 e. The molecular weight excluding hydrogens is 367 g/mol. The minimum Gasteiger partial charge on any atom is -0.456 e. The zero-order valence-corrected chi connectivity index (χ0v) is 15.5. The van der Waals surface area contributed by atoms with E-state index < -0.39 is 57.9 Å². The molecule has 0 bridgehead atoms. The molecule has 10 heteroatoms. The van der Waals surface area contributed by atoms with Gasteiger partial charge in [-0.05, 0) is 45.0 Å². The highest BCUT2D eigenvalue weighted by Crippen LogP contribution is 2.13. The lowest BCUT2D eigenvalue weighted by Crippen LogP contribution is -2.49. The smallest absolute Gasteiger partial charge is 0.321 e. The molecule has 0 heterocycles. The number of nitrogens with one attached hydrogen (secondary N) is 2. The Morgan fingerprint density at radius 2 is 1.69 bits per heavy atom. The Labute approximate surface area is 151 Å². The van der Waals surface area contributed by atoms with Gasteiger partial charge in [0.25, 0.3) is 5.91 Å². The van der Waals surface area contributed by atoms with E-state index in [1.807, 2.05) is 5.32 Å². The predicted octanol–water partition coefficient (Wildman–Crippen LogP) is 1.16. The fourth-order valence-corrected chi connectivity index (χ4v) is 2.95. The van der Waals surface area contributed by atoms with Crippen molar-refractivity contribution in [2.24, 2.45) is 0 Å². The Hall–Kier alpha value is -2.49. The van der Waals surface area contributed by atoms with Crippen LogP contribution in [0.2, 0.25) is 0 Å². The lowest BCUT2D eigenvalue weighted by atomic mass is 10.1. The molecular formula is C16H21FN2O6S. The summed E-state index contributed by atoms with van der Waals surface area (Å²) in [6, 6.07) is 3.45. The molecule has 0 fully saturated rings. The van der Waals surface area contributed by atoms with Gasteiger partial charge in [-0.1, -0.05) is 0 Å².